The minimum absolute atomic E-state index is 0.655. The van der Waals surface area contributed by atoms with E-state index in [4.69, 9.17) is 0 Å². The predicted molar refractivity (Wildman–Crippen MR) is 86.8 cm³/mol. The van der Waals surface area contributed by atoms with E-state index in [-0.39, 0.29) is 0 Å². The van der Waals surface area contributed by atoms with Crippen LogP contribution < -0.4 is 5.32 Å². The molecule has 2 heterocycles. The third-order valence-electron chi connectivity index (χ3n) is 3.47. The molecule has 0 amide bonds. The summed E-state index contributed by atoms with van der Waals surface area (Å²) in [6, 6.07) is 10.2. The molecule has 22 heavy (non-hydrogen) atoms. The minimum Gasteiger partial charge on any atom is -0.368 e. The fourth-order valence-electron chi connectivity index (χ4n) is 2.33. The number of fused-ring (bicyclic) bond motifs is 1. The van der Waals surface area contributed by atoms with Gasteiger partial charge in [-0.05, 0) is 18.9 Å². The maximum absolute atomic E-state index is 4.51. The second-order valence-corrected chi connectivity index (χ2v) is 5.30. The highest BCUT2D eigenvalue weighted by Gasteiger charge is 2.13. The van der Waals surface area contributed by atoms with E-state index in [1.165, 1.54) is 5.56 Å². The van der Waals surface area contributed by atoms with Crippen LogP contribution in [0.15, 0.2) is 30.3 Å². The Bertz CT molecular complexity index is 750. The standard InChI is InChI=1S/C16H20N6/c1-3-4-10-17-15-14-16(19-12(2)18-15)22(21-20-14)11-13-8-6-5-7-9-13/h5-9H,3-4,10-11H2,1-2H3,(H,17,18,19). The molecule has 1 aromatic carbocycles. The highest BCUT2D eigenvalue weighted by Crippen LogP contribution is 2.18. The van der Waals surface area contributed by atoms with Crippen molar-refractivity contribution >= 4 is 17.0 Å². The Hall–Kier alpha value is -2.50. The van der Waals surface area contributed by atoms with Crippen molar-refractivity contribution in [2.45, 2.75) is 33.2 Å². The van der Waals surface area contributed by atoms with Crippen molar-refractivity contribution in [2.75, 3.05) is 11.9 Å². The van der Waals surface area contributed by atoms with Gasteiger partial charge in [0.05, 0.1) is 6.54 Å². The van der Waals surface area contributed by atoms with Crippen molar-refractivity contribution in [1.82, 2.24) is 25.0 Å². The zero-order chi connectivity index (χ0) is 15.4. The largest absolute Gasteiger partial charge is 0.368 e. The molecule has 0 fully saturated rings. The van der Waals surface area contributed by atoms with Gasteiger partial charge < -0.3 is 5.32 Å². The topological polar surface area (TPSA) is 68.5 Å². The Morgan fingerprint density at radius 3 is 2.73 bits per heavy atom. The zero-order valence-corrected chi connectivity index (χ0v) is 13.0. The summed E-state index contributed by atoms with van der Waals surface area (Å²) in [4.78, 5) is 8.96. The Morgan fingerprint density at radius 1 is 1.14 bits per heavy atom. The van der Waals surface area contributed by atoms with Crippen LogP contribution in [0.2, 0.25) is 0 Å². The summed E-state index contributed by atoms with van der Waals surface area (Å²) in [6.45, 7) is 5.60. The molecule has 0 radical (unpaired) electrons. The van der Waals surface area contributed by atoms with E-state index in [0.717, 1.165) is 42.2 Å². The first-order chi connectivity index (χ1) is 10.8. The fourth-order valence-corrected chi connectivity index (χ4v) is 2.33. The molecule has 0 saturated carbocycles. The number of anilines is 1. The molecule has 0 spiro atoms. The third-order valence-corrected chi connectivity index (χ3v) is 3.47. The van der Waals surface area contributed by atoms with Crippen molar-refractivity contribution in [3.05, 3.63) is 41.7 Å². The molecule has 0 unspecified atom stereocenters. The smallest absolute Gasteiger partial charge is 0.184 e. The van der Waals surface area contributed by atoms with E-state index < -0.39 is 0 Å². The molecule has 0 aliphatic carbocycles. The van der Waals surface area contributed by atoms with E-state index in [1.807, 2.05) is 29.8 Å². The van der Waals surface area contributed by atoms with Gasteiger partial charge >= 0.3 is 0 Å². The summed E-state index contributed by atoms with van der Waals surface area (Å²) in [5.41, 5.74) is 2.68. The summed E-state index contributed by atoms with van der Waals surface area (Å²) in [5.74, 6) is 1.50. The van der Waals surface area contributed by atoms with Gasteiger partial charge in [0, 0.05) is 6.54 Å². The van der Waals surface area contributed by atoms with Crippen molar-refractivity contribution in [3.63, 3.8) is 0 Å². The molecule has 0 saturated heterocycles. The Balaban J connectivity index is 1.93. The number of unbranched alkanes of at least 4 members (excludes halogenated alkanes) is 1. The van der Waals surface area contributed by atoms with Crippen LogP contribution in [0.5, 0.6) is 0 Å². The number of hydrogen-bond acceptors (Lipinski definition) is 5. The van der Waals surface area contributed by atoms with Crippen LogP contribution in [0.4, 0.5) is 5.82 Å². The van der Waals surface area contributed by atoms with Crippen LogP contribution in [-0.4, -0.2) is 31.5 Å². The summed E-state index contributed by atoms with van der Waals surface area (Å²) < 4.78 is 1.82. The van der Waals surface area contributed by atoms with Gasteiger partial charge in [-0.1, -0.05) is 48.9 Å². The van der Waals surface area contributed by atoms with Gasteiger partial charge in [0.2, 0.25) is 0 Å². The first-order valence-corrected chi connectivity index (χ1v) is 7.63. The fraction of sp³-hybridized carbons (Fsp3) is 0.375. The monoisotopic (exact) mass is 296 g/mol. The molecule has 3 aromatic rings. The number of rotatable bonds is 6. The van der Waals surface area contributed by atoms with Crippen LogP contribution in [0, 0.1) is 6.92 Å². The summed E-state index contributed by atoms with van der Waals surface area (Å²) in [5, 5.41) is 11.8. The minimum atomic E-state index is 0.655. The lowest BCUT2D eigenvalue weighted by molar-refractivity contribution is 0.663. The average Bonchev–Trinajstić information content (AvgIpc) is 2.91. The summed E-state index contributed by atoms with van der Waals surface area (Å²) >= 11 is 0. The molecule has 1 N–H and O–H groups in total. The van der Waals surface area contributed by atoms with E-state index in [2.05, 4.69) is 44.7 Å². The molecule has 0 aliphatic rings. The van der Waals surface area contributed by atoms with Crippen LogP contribution in [0.1, 0.15) is 31.2 Å². The number of hydrogen-bond donors (Lipinski definition) is 1. The maximum Gasteiger partial charge on any atom is 0.184 e. The Labute approximate surface area is 129 Å². The normalized spacial score (nSPS) is 11.0. The highest BCUT2D eigenvalue weighted by atomic mass is 15.4. The first-order valence-electron chi connectivity index (χ1n) is 7.63. The van der Waals surface area contributed by atoms with Gasteiger partial charge in [-0.2, -0.15) is 0 Å². The second kappa shape index (κ2) is 6.51. The van der Waals surface area contributed by atoms with E-state index in [1.54, 1.807) is 0 Å². The number of aryl methyl sites for hydroxylation is 1. The van der Waals surface area contributed by atoms with Crippen molar-refractivity contribution in [2.24, 2.45) is 0 Å². The Kier molecular flexibility index (Phi) is 4.27. The molecule has 0 atom stereocenters. The lowest BCUT2D eigenvalue weighted by Crippen LogP contribution is -2.07. The highest BCUT2D eigenvalue weighted by molar-refractivity contribution is 5.82. The van der Waals surface area contributed by atoms with Gasteiger partial charge in [-0.15, -0.1) is 5.10 Å². The van der Waals surface area contributed by atoms with Gasteiger partial charge in [0.1, 0.15) is 5.82 Å². The predicted octanol–water partition coefficient (Wildman–Crippen LogP) is 2.79. The SMILES string of the molecule is CCCCNc1nc(C)nc2c1nnn2Cc1ccccc1. The quantitative estimate of drug-likeness (QED) is 0.708. The van der Waals surface area contributed by atoms with Gasteiger partial charge in [-0.3, -0.25) is 0 Å². The van der Waals surface area contributed by atoms with E-state index >= 15 is 0 Å². The van der Waals surface area contributed by atoms with Crippen LogP contribution >= 0.6 is 0 Å². The number of aromatic nitrogens is 5. The van der Waals surface area contributed by atoms with Crippen molar-refractivity contribution in [3.8, 4) is 0 Å². The van der Waals surface area contributed by atoms with Gasteiger partial charge in [-0.25, -0.2) is 14.6 Å². The van der Waals surface area contributed by atoms with Gasteiger partial charge in [0.15, 0.2) is 17.0 Å². The van der Waals surface area contributed by atoms with E-state index in [9.17, 15) is 0 Å². The zero-order valence-electron chi connectivity index (χ0n) is 13.0. The van der Waals surface area contributed by atoms with Crippen LogP contribution in [0.25, 0.3) is 11.2 Å². The number of nitrogens with one attached hydrogen (secondary N) is 1. The third kappa shape index (κ3) is 3.05. The maximum atomic E-state index is 4.51. The lowest BCUT2D eigenvalue weighted by Gasteiger charge is -2.06. The molecule has 0 bridgehead atoms. The van der Waals surface area contributed by atoms with Gasteiger partial charge in [0.25, 0.3) is 0 Å². The molecule has 3 rings (SSSR count). The molecular formula is C16H20N6. The van der Waals surface area contributed by atoms with Crippen molar-refractivity contribution < 1.29 is 0 Å². The molecule has 2 aromatic heterocycles. The second-order valence-electron chi connectivity index (χ2n) is 5.30. The molecule has 0 aliphatic heterocycles. The van der Waals surface area contributed by atoms with Crippen molar-refractivity contribution in [1.29, 1.82) is 0 Å². The molecule has 6 heteroatoms. The summed E-state index contributed by atoms with van der Waals surface area (Å²) in [6.07, 6.45) is 2.24. The number of benzene rings is 1. The molecule has 114 valence electrons. The Morgan fingerprint density at radius 2 is 1.95 bits per heavy atom. The number of nitrogens with zero attached hydrogens (tertiary/aromatic N) is 5. The van der Waals surface area contributed by atoms with E-state index in [0.29, 0.717) is 6.54 Å². The average molecular weight is 296 g/mol. The molecular weight excluding hydrogens is 276 g/mol. The molecule has 6 nitrogen and oxygen atoms in total. The lowest BCUT2D eigenvalue weighted by atomic mass is 10.2. The first kappa shape index (κ1) is 14.4. The van der Waals surface area contributed by atoms with Crippen LogP contribution in [-0.2, 0) is 6.54 Å². The van der Waals surface area contributed by atoms with Crippen LogP contribution in [0.3, 0.4) is 0 Å². The summed E-state index contributed by atoms with van der Waals surface area (Å²) in [7, 11) is 0.